The third-order valence-electron chi connectivity index (χ3n) is 3.09. The fourth-order valence-electron chi connectivity index (χ4n) is 1.61. The number of hydrogen-bond acceptors (Lipinski definition) is 5. The van der Waals surface area contributed by atoms with E-state index in [1.54, 1.807) is 20.8 Å². The molecule has 96 valence electrons. The van der Waals surface area contributed by atoms with Crippen LogP contribution in [-0.2, 0) is 6.61 Å². The standard InChI is InChI=1S/C12H20N2O3/c1-7-10(17)9(8(5-15)4-14-7)11(13)12(2,3)6-16/h4,11,15-17H,5-6,13H2,1-3H3/t11-/m1/s1. The number of aromatic nitrogens is 1. The van der Waals surface area contributed by atoms with E-state index in [-0.39, 0.29) is 19.0 Å². The number of rotatable bonds is 4. The second-order valence-electron chi connectivity index (χ2n) is 4.91. The van der Waals surface area contributed by atoms with Crippen LogP contribution in [-0.4, -0.2) is 26.9 Å². The van der Waals surface area contributed by atoms with Crippen molar-refractivity contribution in [3.63, 3.8) is 0 Å². The van der Waals surface area contributed by atoms with Gasteiger partial charge in [-0.1, -0.05) is 13.8 Å². The van der Waals surface area contributed by atoms with Crippen LogP contribution in [0, 0.1) is 12.3 Å². The molecule has 1 atom stereocenters. The second kappa shape index (κ2) is 5.00. The SMILES string of the molecule is Cc1ncc(CO)c([C@@H](N)C(C)(C)CO)c1O. The molecule has 0 bridgehead atoms. The van der Waals surface area contributed by atoms with Crippen molar-refractivity contribution in [3.05, 3.63) is 23.0 Å². The van der Waals surface area contributed by atoms with Crippen LogP contribution in [0.5, 0.6) is 5.75 Å². The molecule has 0 spiro atoms. The van der Waals surface area contributed by atoms with E-state index in [1.165, 1.54) is 6.20 Å². The maximum Gasteiger partial charge on any atom is 0.141 e. The van der Waals surface area contributed by atoms with Crippen molar-refractivity contribution in [1.29, 1.82) is 0 Å². The van der Waals surface area contributed by atoms with E-state index in [0.29, 0.717) is 16.8 Å². The third-order valence-corrected chi connectivity index (χ3v) is 3.09. The largest absolute Gasteiger partial charge is 0.506 e. The Hall–Kier alpha value is -1.17. The topological polar surface area (TPSA) is 99.6 Å². The molecule has 5 nitrogen and oxygen atoms in total. The number of aliphatic hydroxyl groups is 2. The van der Waals surface area contributed by atoms with Crippen molar-refractivity contribution < 1.29 is 15.3 Å². The molecule has 0 unspecified atom stereocenters. The van der Waals surface area contributed by atoms with Crippen molar-refractivity contribution >= 4 is 0 Å². The highest BCUT2D eigenvalue weighted by molar-refractivity contribution is 5.43. The molecule has 17 heavy (non-hydrogen) atoms. The first kappa shape index (κ1) is 13.9. The summed E-state index contributed by atoms with van der Waals surface area (Å²) in [5.74, 6) is -0.00873. The van der Waals surface area contributed by atoms with E-state index in [4.69, 9.17) is 5.73 Å². The lowest BCUT2D eigenvalue weighted by Gasteiger charge is -2.31. The van der Waals surface area contributed by atoms with Gasteiger partial charge in [0.05, 0.1) is 12.3 Å². The fourth-order valence-corrected chi connectivity index (χ4v) is 1.61. The molecular weight excluding hydrogens is 220 g/mol. The molecule has 0 aromatic carbocycles. The van der Waals surface area contributed by atoms with E-state index < -0.39 is 11.5 Å². The van der Waals surface area contributed by atoms with Crippen molar-refractivity contribution in [2.75, 3.05) is 6.61 Å². The third kappa shape index (κ3) is 2.57. The maximum atomic E-state index is 10.0. The van der Waals surface area contributed by atoms with Gasteiger partial charge < -0.3 is 21.1 Å². The van der Waals surface area contributed by atoms with Crippen LogP contribution in [0.15, 0.2) is 6.20 Å². The smallest absolute Gasteiger partial charge is 0.141 e. The number of hydrogen-bond donors (Lipinski definition) is 4. The fraction of sp³-hybridized carbons (Fsp3) is 0.583. The molecule has 5 heteroatoms. The minimum absolute atomic E-state index is 0.00873. The van der Waals surface area contributed by atoms with Gasteiger partial charge in [-0.2, -0.15) is 0 Å². The van der Waals surface area contributed by atoms with Gasteiger partial charge in [0.2, 0.25) is 0 Å². The van der Waals surface area contributed by atoms with Crippen LogP contribution >= 0.6 is 0 Å². The Morgan fingerprint density at radius 2 is 2.00 bits per heavy atom. The average molecular weight is 240 g/mol. The summed E-state index contributed by atoms with van der Waals surface area (Å²) in [5.41, 5.74) is 6.89. The van der Waals surface area contributed by atoms with Crippen LogP contribution < -0.4 is 5.73 Å². The highest BCUT2D eigenvalue weighted by Crippen LogP contribution is 2.38. The summed E-state index contributed by atoms with van der Waals surface area (Å²) in [6, 6.07) is -0.573. The van der Waals surface area contributed by atoms with Gasteiger partial charge >= 0.3 is 0 Å². The molecule has 1 rings (SSSR count). The maximum absolute atomic E-state index is 10.0. The van der Waals surface area contributed by atoms with Gasteiger partial charge in [0.1, 0.15) is 5.75 Å². The zero-order chi connectivity index (χ0) is 13.2. The van der Waals surface area contributed by atoms with Crippen LogP contribution in [0.4, 0.5) is 0 Å². The van der Waals surface area contributed by atoms with Gasteiger partial charge in [-0.05, 0) is 6.92 Å². The molecule has 1 heterocycles. The van der Waals surface area contributed by atoms with E-state index in [0.717, 1.165) is 0 Å². The zero-order valence-corrected chi connectivity index (χ0v) is 10.4. The molecule has 0 saturated heterocycles. The minimum Gasteiger partial charge on any atom is -0.506 e. The lowest BCUT2D eigenvalue weighted by Crippen LogP contribution is -2.33. The number of pyridine rings is 1. The predicted octanol–water partition coefficient (Wildman–Crippen LogP) is 0.606. The van der Waals surface area contributed by atoms with E-state index in [9.17, 15) is 15.3 Å². The van der Waals surface area contributed by atoms with Gasteiger partial charge in [0, 0.05) is 35.4 Å². The molecule has 0 amide bonds. The summed E-state index contributed by atoms with van der Waals surface area (Å²) in [5, 5.41) is 28.6. The van der Waals surface area contributed by atoms with Crippen molar-refractivity contribution in [3.8, 4) is 5.75 Å². The van der Waals surface area contributed by atoms with Crippen molar-refractivity contribution in [2.24, 2.45) is 11.1 Å². The first-order valence-corrected chi connectivity index (χ1v) is 5.49. The summed E-state index contributed by atoms with van der Waals surface area (Å²) in [6.07, 6.45) is 1.50. The van der Waals surface area contributed by atoms with E-state index in [2.05, 4.69) is 4.98 Å². The van der Waals surface area contributed by atoms with Gasteiger partial charge in [-0.15, -0.1) is 0 Å². The van der Waals surface area contributed by atoms with Crippen LogP contribution in [0.1, 0.15) is 36.7 Å². The van der Waals surface area contributed by atoms with Crippen LogP contribution in [0.3, 0.4) is 0 Å². The van der Waals surface area contributed by atoms with Gasteiger partial charge in [-0.3, -0.25) is 4.98 Å². The molecule has 0 aliphatic heterocycles. The summed E-state index contributed by atoms with van der Waals surface area (Å²) in [6.45, 7) is 4.91. The summed E-state index contributed by atoms with van der Waals surface area (Å²) < 4.78 is 0. The van der Waals surface area contributed by atoms with E-state index >= 15 is 0 Å². The van der Waals surface area contributed by atoms with E-state index in [1.807, 2.05) is 0 Å². The number of nitrogens with two attached hydrogens (primary N) is 1. The molecule has 0 radical (unpaired) electrons. The molecule has 0 saturated carbocycles. The summed E-state index contributed by atoms with van der Waals surface area (Å²) in [4.78, 5) is 3.97. The lowest BCUT2D eigenvalue weighted by atomic mass is 9.80. The predicted molar refractivity (Wildman–Crippen MR) is 64.4 cm³/mol. The number of aliphatic hydroxyl groups excluding tert-OH is 2. The molecule has 1 aromatic rings. The second-order valence-corrected chi connectivity index (χ2v) is 4.91. The first-order valence-electron chi connectivity index (χ1n) is 5.49. The molecular formula is C12H20N2O3. The van der Waals surface area contributed by atoms with Crippen molar-refractivity contribution in [1.82, 2.24) is 4.98 Å². The highest BCUT2D eigenvalue weighted by atomic mass is 16.3. The molecule has 0 fully saturated rings. The Morgan fingerprint density at radius 3 is 2.47 bits per heavy atom. The monoisotopic (exact) mass is 240 g/mol. The number of aryl methyl sites for hydroxylation is 1. The Balaban J connectivity index is 3.33. The molecule has 1 aromatic heterocycles. The molecule has 0 aliphatic rings. The normalized spacial score (nSPS) is 13.8. The molecule has 5 N–H and O–H groups in total. The Bertz CT molecular complexity index is 405. The number of nitrogens with zero attached hydrogens (tertiary/aromatic N) is 1. The lowest BCUT2D eigenvalue weighted by molar-refractivity contribution is 0.130. The zero-order valence-electron chi connectivity index (χ0n) is 10.4. The quantitative estimate of drug-likeness (QED) is 0.618. The Labute approximate surface area is 101 Å². The average Bonchev–Trinajstić information content (AvgIpc) is 2.31. The van der Waals surface area contributed by atoms with Gasteiger partial charge in [0.25, 0.3) is 0 Å². The van der Waals surface area contributed by atoms with Gasteiger partial charge in [-0.25, -0.2) is 0 Å². The number of aromatic hydroxyl groups is 1. The summed E-state index contributed by atoms with van der Waals surface area (Å²) >= 11 is 0. The molecule has 0 aliphatic carbocycles. The summed E-state index contributed by atoms with van der Waals surface area (Å²) in [7, 11) is 0. The minimum atomic E-state index is -0.588. The Morgan fingerprint density at radius 1 is 1.41 bits per heavy atom. The van der Waals surface area contributed by atoms with Crippen LogP contribution in [0.25, 0.3) is 0 Å². The van der Waals surface area contributed by atoms with Crippen molar-refractivity contribution in [2.45, 2.75) is 33.4 Å². The Kier molecular flexibility index (Phi) is 4.08. The first-order chi connectivity index (χ1) is 7.85. The highest BCUT2D eigenvalue weighted by Gasteiger charge is 2.31. The van der Waals surface area contributed by atoms with Gasteiger partial charge in [0.15, 0.2) is 0 Å². The van der Waals surface area contributed by atoms with Crippen LogP contribution in [0.2, 0.25) is 0 Å².